The summed E-state index contributed by atoms with van der Waals surface area (Å²) < 4.78 is 2.56. The van der Waals surface area contributed by atoms with E-state index >= 15 is 0 Å². The van der Waals surface area contributed by atoms with Gasteiger partial charge in [-0.2, -0.15) is 0 Å². The molecule has 282 valence electrons. The van der Waals surface area contributed by atoms with E-state index in [-0.39, 0.29) is 5.41 Å². The molecule has 0 atom stereocenters. The van der Waals surface area contributed by atoms with Crippen LogP contribution in [0.25, 0.3) is 109 Å². The predicted octanol–water partition coefficient (Wildman–Crippen LogP) is 15.2. The lowest BCUT2D eigenvalue weighted by molar-refractivity contribution is 0.660. The van der Waals surface area contributed by atoms with Gasteiger partial charge in [0.2, 0.25) is 0 Å². The minimum Gasteiger partial charge on any atom is -0.247 e. The maximum atomic E-state index is 5.27. The molecule has 0 saturated carbocycles. The van der Waals surface area contributed by atoms with Gasteiger partial charge in [0.25, 0.3) is 0 Å². The number of rotatable bonds is 5. The minimum absolute atomic E-state index is 0.0597. The third-order valence-corrected chi connectivity index (χ3v) is 13.7. The fourth-order valence-electron chi connectivity index (χ4n) is 9.53. The molecule has 0 unspecified atom stereocenters. The molecule has 0 amide bonds. The Bertz CT molecular complexity index is 3490. The highest BCUT2D eigenvalue weighted by atomic mass is 32.1. The molecule has 0 N–H and O–H groups in total. The Kier molecular flexibility index (Phi) is 7.75. The van der Waals surface area contributed by atoms with Gasteiger partial charge in [-0.15, -0.1) is 11.3 Å². The van der Waals surface area contributed by atoms with Gasteiger partial charge < -0.3 is 0 Å². The highest BCUT2D eigenvalue weighted by Crippen LogP contribution is 2.50. The van der Waals surface area contributed by atoms with E-state index in [9.17, 15) is 0 Å². The first-order valence-corrected chi connectivity index (χ1v) is 21.3. The van der Waals surface area contributed by atoms with E-state index in [1.807, 2.05) is 17.4 Å². The lowest BCUT2D eigenvalue weighted by Crippen LogP contribution is -2.14. The van der Waals surface area contributed by atoms with E-state index in [1.165, 1.54) is 69.7 Å². The topological polar surface area (TPSA) is 38.7 Å². The number of pyridine rings is 1. The molecule has 0 saturated heterocycles. The van der Waals surface area contributed by atoms with Crippen LogP contribution in [0.5, 0.6) is 0 Å². The molecule has 0 aliphatic heterocycles. The van der Waals surface area contributed by atoms with Crippen LogP contribution in [0.4, 0.5) is 0 Å². The molecule has 60 heavy (non-hydrogen) atoms. The van der Waals surface area contributed by atoms with E-state index in [2.05, 4.69) is 196 Å². The van der Waals surface area contributed by atoms with Crippen LogP contribution >= 0.6 is 11.3 Å². The number of hydrogen-bond donors (Lipinski definition) is 0. The molecular formula is C56H37N3S. The molecule has 3 nitrogen and oxygen atoms in total. The summed E-state index contributed by atoms with van der Waals surface area (Å²) in [4.78, 5) is 15.7. The van der Waals surface area contributed by atoms with Gasteiger partial charge in [0.1, 0.15) is 0 Å². The fourth-order valence-corrected chi connectivity index (χ4v) is 10.8. The largest absolute Gasteiger partial charge is 0.247 e. The van der Waals surface area contributed by atoms with Crippen molar-refractivity contribution >= 4 is 53.2 Å². The molecule has 1 aliphatic carbocycles. The molecule has 3 heterocycles. The number of fused-ring (bicyclic) bond motifs is 10. The highest BCUT2D eigenvalue weighted by molar-refractivity contribution is 7.26. The van der Waals surface area contributed by atoms with Crippen LogP contribution in [0, 0.1) is 0 Å². The van der Waals surface area contributed by atoms with Crippen LogP contribution in [0.2, 0.25) is 0 Å². The number of thiophene rings is 1. The Labute approximate surface area is 352 Å². The highest BCUT2D eigenvalue weighted by Gasteiger charge is 2.35. The molecular weight excluding hydrogens is 747 g/mol. The van der Waals surface area contributed by atoms with Crippen LogP contribution in [-0.4, -0.2) is 15.0 Å². The van der Waals surface area contributed by atoms with Crippen molar-refractivity contribution in [3.05, 3.63) is 199 Å². The van der Waals surface area contributed by atoms with Crippen molar-refractivity contribution in [2.75, 3.05) is 0 Å². The Hall–Kier alpha value is -7.27. The molecule has 0 bridgehead atoms. The monoisotopic (exact) mass is 783 g/mol. The smallest absolute Gasteiger partial charge is 0.160 e. The summed E-state index contributed by atoms with van der Waals surface area (Å²) in [6, 6.07) is 67.4. The SMILES string of the molecule is CC1(C)c2ccccc2-c2cc(-c3nc(-c4ccccc4)cc(-c4ccc(-c5cccc6c5sc5ccc7c(-c8ccccc8)nc8ccccc8c7c56)cc4)n3)ccc21. The van der Waals surface area contributed by atoms with Crippen molar-refractivity contribution in [1.82, 2.24) is 15.0 Å². The number of para-hydroxylation sites is 1. The van der Waals surface area contributed by atoms with Gasteiger partial charge in [0, 0.05) is 64.0 Å². The summed E-state index contributed by atoms with van der Waals surface area (Å²) in [5.41, 5.74) is 15.7. The van der Waals surface area contributed by atoms with Gasteiger partial charge in [-0.3, -0.25) is 0 Å². The van der Waals surface area contributed by atoms with E-state index < -0.39 is 0 Å². The van der Waals surface area contributed by atoms with E-state index in [4.69, 9.17) is 15.0 Å². The summed E-state index contributed by atoms with van der Waals surface area (Å²) in [5.74, 6) is 0.723. The summed E-state index contributed by atoms with van der Waals surface area (Å²) in [5, 5.41) is 6.18. The minimum atomic E-state index is -0.0597. The van der Waals surface area contributed by atoms with Gasteiger partial charge in [-0.25, -0.2) is 15.0 Å². The van der Waals surface area contributed by atoms with Gasteiger partial charge in [0.15, 0.2) is 5.82 Å². The van der Waals surface area contributed by atoms with Gasteiger partial charge in [-0.1, -0.05) is 178 Å². The first-order chi connectivity index (χ1) is 29.5. The second kappa shape index (κ2) is 13.4. The van der Waals surface area contributed by atoms with E-state index in [0.717, 1.165) is 50.7 Å². The van der Waals surface area contributed by atoms with Crippen LogP contribution in [0.15, 0.2) is 188 Å². The zero-order chi connectivity index (χ0) is 40.0. The molecule has 8 aromatic carbocycles. The Morgan fingerprint density at radius 3 is 1.82 bits per heavy atom. The number of nitrogens with zero attached hydrogens (tertiary/aromatic N) is 3. The van der Waals surface area contributed by atoms with Crippen molar-refractivity contribution in [2.24, 2.45) is 0 Å². The first kappa shape index (κ1) is 34.7. The van der Waals surface area contributed by atoms with Crippen LogP contribution < -0.4 is 0 Å². The zero-order valence-electron chi connectivity index (χ0n) is 33.1. The lowest BCUT2D eigenvalue weighted by atomic mass is 9.82. The molecule has 0 fully saturated rings. The summed E-state index contributed by atoms with van der Waals surface area (Å²) in [6.07, 6.45) is 0. The van der Waals surface area contributed by atoms with Crippen LogP contribution in [0.1, 0.15) is 25.0 Å². The first-order valence-electron chi connectivity index (χ1n) is 20.5. The molecule has 3 aromatic heterocycles. The summed E-state index contributed by atoms with van der Waals surface area (Å²) >= 11 is 1.87. The van der Waals surface area contributed by atoms with Crippen molar-refractivity contribution in [3.8, 4) is 67.4 Å². The van der Waals surface area contributed by atoms with Crippen molar-refractivity contribution in [3.63, 3.8) is 0 Å². The fraction of sp³-hybridized carbons (Fsp3) is 0.0536. The van der Waals surface area contributed by atoms with Crippen molar-refractivity contribution in [1.29, 1.82) is 0 Å². The summed E-state index contributed by atoms with van der Waals surface area (Å²) in [7, 11) is 0. The average molecular weight is 784 g/mol. The van der Waals surface area contributed by atoms with E-state index in [1.54, 1.807) is 0 Å². The standard InChI is InChI=1S/C56H37N3S/c1-56(2)45-22-11-9-18-40(45)44-32-38(28-30-46(44)56)55-58-48(35-14-5-3-6-15-35)33-49(59-55)36-26-24-34(25-27-36)39-20-13-21-43-52-50(60-54(39)43)31-29-42-51(52)41-19-10-12-23-47(41)57-53(42)37-16-7-4-8-17-37/h3-33H,1-2H3. The average Bonchev–Trinajstić information content (AvgIpc) is 3.81. The van der Waals surface area contributed by atoms with Crippen molar-refractivity contribution in [2.45, 2.75) is 19.3 Å². The Morgan fingerprint density at radius 1 is 0.400 bits per heavy atom. The molecule has 12 rings (SSSR count). The molecule has 11 aromatic rings. The summed E-state index contributed by atoms with van der Waals surface area (Å²) in [6.45, 7) is 4.63. The van der Waals surface area contributed by atoms with Crippen LogP contribution in [0.3, 0.4) is 0 Å². The van der Waals surface area contributed by atoms with Crippen LogP contribution in [-0.2, 0) is 5.41 Å². The molecule has 0 spiro atoms. The van der Waals surface area contributed by atoms with Gasteiger partial charge >= 0.3 is 0 Å². The second-order valence-electron chi connectivity index (χ2n) is 16.3. The maximum absolute atomic E-state index is 5.27. The van der Waals surface area contributed by atoms with E-state index in [0.29, 0.717) is 0 Å². The van der Waals surface area contributed by atoms with Gasteiger partial charge in [-0.05, 0) is 57.6 Å². The Balaban J connectivity index is 0.984. The van der Waals surface area contributed by atoms with Gasteiger partial charge in [0.05, 0.1) is 22.6 Å². The number of hydrogen-bond acceptors (Lipinski definition) is 4. The molecule has 1 aliphatic rings. The second-order valence-corrected chi connectivity index (χ2v) is 17.4. The third-order valence-electron chi connectivity index (χ3n) is 12.5. The Morgan fingerprint density at radius 2 is 1.02 bits per heavy atom. The molecule has 4 heteroatoms. The zero-order valence-corrected chi connectivity index (χ0v) is 34.0. The number of benzene rings is 8. The van der Waals surface area contributed by atoms with Crippen molar-refractivity contribution < 1.29 is 0 Å². The number of aromatic nitrogens is 3. The maximum Gasteiger partial charge on any atom is 0.160 e. The lowest BCUT2D eigenvalue weighted by Gasteiger charge is -2.21. The predicted molar refractivity (Wildman–Crippen MR) is 252 cm³/mol. The quantitative estimate of drug-likeness (QED) is 0.163. The normalized spacial score (nSPS) is 13.0. The molecule has 0 radical (unpaired) electrons. The third kappa shape index (κ3) is 5.38.